The Hall–Kier alpha value is -1.48. The molecule has 1 aromatic carbocycles. The van der Waals surface area contributed by atoms with Crippen LogP contribution in [0, 0.1) is 6.92 Å². The van der Waals surface area contributed by atoms with Crippen molar-refractivity contribution in [3.8, 4) is 0 Å². The van der Waals surface area contributed by atoms with Gasteiger partial charge in [-0.3, -0.25) is 9.78 Å². The molecule has 1 heterocycles. The zero-order chi connectivity index (χ0) is 11.5. The molecular formula is C13H10BrNO. The number of benzene rings is 1. The van der Waals surface area contributed by atoms with Crippen molar-refractivity contribution >= 4 is 21.7 Å². The molecule has 0 fully saturated rings. The molecule has 0 aliphatic carbocycles. The van der Waals surface area contributed by atoms with Crippen molar-refractivity contribution in [3.63, 3.8) is 0 Å². The van der Waals surface area contributed by atoms with Crippen LogP contribution in [0.2, 0.25) is 0 Å². The summed E-state index contributed by atoms with van der Waals surface area (Å²) < 4.78 is 0.964. The summed E-state index contributed by atoms with van der Waals surface area (Å²) in [6.45, 7) is 1.90. The zero-order valence-corrected chi connectivity index (χ0v) is 10.4. The van der Waals surface area contributed by atoms with Crippen LogP contribution in [0.1, 0.15) is 21.6 Å². The number of aromatic nitrogens is 1. The first-order valence-electron chi connectivity index (χ1n) is 4.90. The smallest absolute Gasteiger partial charge is 0.194 e. The third-order valence-electron chi connectivity index (χ3n) is 2.28. The lowest BCUT2D eigenvalue weighted by Gasteiger charge is -2.01. The van der Waals surface area contributed by atoms with Crippen LogP contribution < -0.4 is 0 Å². The molecule has 0 saturated heterocycles. The Kier molecular flexibility index (Phi) is 3.15. The predicted octanol–water partition coefficient (Wildman–Crippen LogP) is 3.38. The van der Waals surface area contributed by atoms with Crippen LogP contribution in [0.5, 0.6) is 0 Å². The number of carbonyl (C=O) groups excluding carboxylic acids is 1. The summed E-state index contributed by atoms with van der Waals surface area (Å²) in [5, 5.41) is 0. The largest absolute Gasteiger partial charge is 0.289 e. The molecule has 0 unspecified atom stereocenters. The zero-order valence-electron chi connectivity index (χ0n) is 8.77. The predicted molar refractivity (Wildman–Crippen MR) is 66.5 cm³/mol. The highest BCUT2D eigenvalue weighted by Crippen LogP contribution is 2.14. The Labute approximate surface area is 102 Å². The van der Waals surface area contributed by atoms with Crippen molar-refractivity contribution in [1.82, 2.24) is 4.98 Å². The van der Waals surface area contributed by atoms with Gasteiger partial charge in [0.05, 0.1) is 0 Å². The van der Waals surface area contributed by atoms with Crippen molar-refractivity contribution in [1.29, 1.82) is 0 Å². The average Bonchev–Trinajstić information content (AvgIpc) is 2.30. The van der Waals surface area contributed by atoms with Crippen molar-refractivity contribution < 1.29 is 4.79 Å². The van der Waals surface area contributed by atoms with E-state index in [0.717, 1.165) is 10.2 Å². The molecule has 2 nitrogen and oxygen atoms in total. The van der Waals surface area contributed by atoms with E-state index in [9.17, 15) is 4.79 Å². The molecule has 0 spiro atoms. The van der Waals surface area contributed by atoms with Crippen LogP contribution in [-0.2, 0) is 0 Å². The van der Waals surface area contributed by atoms with Crippen molar-refractivity contribution in [3.05, 3.63) is 63.9 Å². The molecule has 3 heteroatoms. The lowest BCUT2D eigenvalue weighted by atomic mass is 10.1. The first-order valence-corrected chi connectivity index (χ1v) is 5.69. The Morgan fingerprint density at radius 3 is 2.25 bits per heavy atom. The quantitative estimate of drug-likeness (QED) is 0.787. The fourth-order valence-electron chi connectivity index (χ4n) is 1.37. The van der Waals surface area contributed by atoms with Gasteiger partial charge in [-0.2, -0.15) is 0 Å². The minimum absolute atomic E-state index is 0.000000000000000666. The molecule has 0 atom stereocenters. The Balaban J connectivity index is 2.32. The Bertz CT molecular complexity index is 455. The first kappa shape index (κ1) is 11.0. The molecule has 0 bridgehead atoms. The van der Waals surface area contributed by atoms with Gasteiger partial charge in [0.15, 0.2) is 5.78 Å². The molecule has 1 aromatic heterocycles. The van der Waals surface area contributed by atoms with Gasteiger partial charge in [0.25, 0.3) is 0 Å². The van der Waals surface area contributed by atoms with Gasteiger partial charge in [0.1, 0.15) is 0 Å². The number of halogens is 1. The van der Waals surface area contributed by atoms with E-state index in [0.29, 0.717) is 11.1 Å². The van der Waals surface area contributed by atoms with Crippen LogP contribution in [0.4, 0.5) is 0 Å². The summed E-state index contributed by atoms with van der Waals surface area (Å²) in [6, 6.07) is 10.9. The second kappa shape index (κ2) is 4.58. The maximum Gasteiger partial charge on any atom is 0.194 e. The van der Waals surface area contributed by atoms with E-state index in [1.165, 1.54) is 0 Å². The SMILES string of the molecule is Cc1ccc(C(=O)c2ccc(Br)cc2)cn1. The summed E-state index contributed by atoms with van der Waals surface area (Å²) in [7, 11) is 0. The second-order valence-corrected chi connectivity index (χ2v) is 4.44. The van der Waals surface area contributed by atoms with Gasteiger partial charge in [-0.05, 0) is 43.3 Å². The monoisotopic (exact) mass is 275 g/mol. The maximum atomic E-state index is 12.0. The van der Waals surface area contributed by atoms with Gasteiger partial charge < -0.3 is 0 Å². The van der Waals surface area contributed by atoms with E-state index in [2.05, 4.69) is 20.9 Å². The Morgan fingerprint density at radius 1 is 1.06 bits per heavy atom. The van der Waals surface area contributed by atoms with E-state index in [-0.39, 0.29) is 5.78 Å². The normalized spacial score (nSPS) is 10.1. The highest BCUT2D eigenvalue weighted by molar-refractivity contribution is 9.10. The van der Waals surface area contributed by atoms with Crippen LogP contribution >= 0.6 is 15.9 Å². The molecule has 0 saturated carbocycles. The van der Waals surface area contributed by atoms with Gasteiger partial charge in [0, 0.05) is 27.5 Å². The van der Waals surface area contributed by atoms with Crippen molar-refractivity contribution in [2.24, 2.45) is 0 Å². The van der Waals surface area contributed by atoms with Gasteiger partial charge in [-0.1, -0.05) is 15.9 Å². The number of aryl methyl sites for hydroxylation is 1. The van der Waals surface area contributed by atoms with Crippen molar-refractivity contribution in [2.75, 3.05) is 0 Å². The number of pyridine rings is 1. The van der Waals surface area contributed by atoms with Crippen LogP contribution in [0.3, 0.4) is 0 Å². The minimum Gasteiger partial charge on any atom is -0.289 e. The van der Waals surface area contributed by atoms with E-state index in [1.54, 1.807) is 24.4 Å². The summed E-state index contributed by atoms with van der Waals surface area (Å²) in [5.74, 6) is 0.000000000000000666. The van der Waals surface area contributed by atoms with E-state index >= 15 is 0 Å². The summed E-state index contributed by atoms with van der Waals surface area (Å²) >= 11 is 3.34. The average molecular weight is 276 g/mol. The fourth-order valence-corrected chi connectivity index (χ4v) is 1.63. The number of nitrogens with zero attached hydrogens (tertiary/aromatic N) is 1. The molecule has 0 amide bonds. The Morgan fingerprint density at radius 2 is 1.69 bits per heavy atom. The highest BCUT2D eigenvalue weighted by atomic mass is 79.9. The summed E-state index contributed by atoms with van der Waals surface area (Å²) in [5.41, 5.74) is 2.20. The fraction of sp³-hybridized carbons (Fsp3) is 0.0769. The van der Waals surface area contributed by atoms with Gasteiger partial charge in [-0.25, -0.2) is 0 Å². The summed E-state index contributed by atoms with van der Waals surface area (Å²) in [6.07, 6.45) is 1.61. The molecule has 16 heavy (non-hydrogen) atoms. The van der Waals surface area contributed by atoms with Crippen LogP contribution in [-0.4, -0.2) is 10.8 Å². The lowest BCUT2D eigenvalue weighted by Crippen LogP contribution is -2.01. The van der Waals surface area contributed by atoms with E-state index in [4.69, 9.17) is 0 Å². The number of ketones is 1. The van der Waals surface area contributed by atoms with Crippen LogP contribution in [0.25, 0.3) is 0 Å². The molecule has 80 valence electrons. The molecular weight excluding hydrogens is 266 g/mol. The topological polar surface area (TPSA) is 30.0 Å². The number of hydrogen-bond acceptors (Lipinski definition) is 2. The molecule has 0 N–H and O–H groups in total. The van der Waals surface area contributed by atoms with Gasteiger partial charge in [-0.15, -0.1) is 0 Å². The van der Waals surface area contributed by atoms with Gasteiger partial charge in [0.2, 0.25) is 0 Å². The lowest BCUT2D eigenvalue weighted by molar-refractivity contribution is 0.103. The van der Waals surface area contributed by atoms with Crippen molar-refractivity contribution in [2.45, 2.75) is 6.92 Å². The molecule has 0 aliphatic heterocycles. The first-order chi connectivity index (χ1) is 7.66. The maximum absolute atomic E-state index is 12.0. The highest BCUT2D eigenvalue weighted by Gasteiger charge is 2.08. The number of hydrogen-bond donors (Lipinski definition) is 0. The summed E-state index contributed by atoms with van der Waals surface area (Å²) in [4.78, 5) is 16.1. The standard InChI is InChI=1S/C13H10BrNO/c1-9-2-3-11(8-15-9)13(16)10-4-6-12(14)7-5-10/h2-8H,1H3. The molecule has 0 aliphatic rings. The number of rotatable bonds is 2. The second-order valence-electron chi connectivity index (χ2n) is 3.52. The van der Waals surface area contributed by atoms with Crippen LogP contribution in [0.15, 0.2) is 47.1 Å². The molecule has 0 radical (unpaired) electrons. The molecule has 2 rings (SSSR count). The van der Waals surface area contributed by atoms with Gasteiger partial charge >= 0.3 is 0 Å². The molecule has 2 aromatic rings. The third-order valence-corrected chi connectivity index (χ3v) is 2.81. The minimum atomic E-state index is 0.000000000000000666. The number of carbonyl (C=O) groups is 1. The van der Waals surface area contributed by atoms with E-state index in [1.807, 2.05) is 25.1 Å². The third kappa shape index (κ3) is 2.36. The van der Waals surface area contributed by atoms with E-state index < -0.39 is 0 Å².